The number of halogens is 5. The maximum atomic E-state index is 0. The van der Waals surface area contributed by atoms with Crippen LogP contribution in [0.2, 0.25) is 0 Å². The first-order chi connectivity index (χ1) is 0. The first-order valence-corrected chi connectivity index (χ1v) is 0. The fourth-order valence-electron chi connectivity index (χ4n) is 0. The summed E-state index contributed by atoms with van der Waals surface area (Å²) < 4.78 is 0. The van der Waals surface area contributed by atoms with Gasteiger partial charge in [0, 0.05) is 0 Å². The second-order valence-electron chi connectivity index (χ2n) is 0. The van der Waals surface area contributed by atoms with E-state index in [1.165, 1.54) is 0 Å². The van der Waals surface area contributed by atoms with E-state index in [0.717, 1.165) is 0 Å². The molecule has 0 saturated heterocycles. The Bertz CT molecular complexity index is 8.04. The zero-order chi connectivity index (χ0) is 0. The van der Waals surface area contributed by atoms with Crippen LogP contribution in [0, 0.1) is 0 Å². The quantitative estimate of drug-likeness (QED) is 0.170. The maximum Gasteiger partial charge on any atom is 4.00 e. The van der Waals surface area contributed by atoms with E-state index < -0.39 is 0 Å². The van der Waals surface area contributed by atoms with E-state index >= 15 is 0 Å². The Morgan fingerprint density at radius 3 is 0.429 bits per heavy atom. The predicted octanol–water partition coefficient (Wildman–Crippen LogP) is -18.4. The van der Waals surface area contributed by atoms with Gasteiger partial charge in [-0.05, 0) is 0 Å². The molecule has 0 aromatic heterocycles. The molecule has 0 bridgehead atoms. The van der Waals surface area contributed by atoms with E-state index in [4.69, 9.17) is 0 Å². The van der Waals surface area contributed by atoms with Crippen molar-refractivity contribution in [3.63, 3.8) is 0 Å². The first-order valence-electron chi connectivity index (χ1n) is 0. The SMILES string of the molecule is [I-].[I-].[I-].[I-].[I-].[Li+].[Sn+4]. The summed E-state index contributed by atoms with van der Waals surface area (Å²) in [6.45, 7) is 0. The van der Waals surface area contributed by atoms with Crippen LogP contribution in [0.3, 0.4) is 0 Å². The fourth-order valence-corrected chi connectivity index (χ4v) is 0. The van der Waals surface area contributed by atoms with Gasteiger partial charge in [0.1, 0.15) is 0 Å². The summed E-state index contributed by atoms with van der Waals surface area (Å²) in [6.07, 6.45) is 0. The van der Waals surface area contributed by atoms with Crippen LogP contribution in [0.4, 0.5) is 0 Å². The molecule has 7 heteroatoms. The molecule has 0 radical (unpaired) electrons. The van der Waals surface area contributed by atoms with Crippen molar-refractivity contribution >= 4 is 23.9 Å². The minimum atomic E-state index is 0. The van der Waals surface area contributed by atoms with Crippen LogP contribution in [-0.4, -0.2) is 23.9 Å². The molecule has 0 atom stereocenters. The number of hydrogen-bond donors (Lipinski definition) is 0. The van der Waals surface area contributed by atoms with Gasteiger partial charge in [-0.1, -0.05) is 0 Å². The van der Waals surface area contributed by atoms with Crippen LogP contribution in [-0.2, 0) is 0 Å². The second kappa shape index (κ2) is 43.8. The Labute approximate surface area is 158 Å². The van der Waals surface area contributed by atoms with Crippen molar-refractivity contribution in [1.29, 1.82) is 0 Å². The smallest absolute Gasteiger partial charge is 1.00 e. The molecule has 0 rings (SSSR count). The molecule has 40 valence electrons. The Hall–Kier alpha value is 5.05. The molecule has 0 aromatic rings. The third kappa shape index (κ3) is 35.5. The van der Waals surface area contributed by atoms with E-state index in [0.29, 0.717) is 0 Å². The molecule has 0 unspecified atom stereocenters. The second-order valence-corrected chi connectivity index (χ2v) is 0. The summed E-state index contributed by atoms with van der Waals surface area (Å²) >= 11 is 0. The molecule has 0 fully saturated rings. The zero-order valence-electron chi connectivity index (χ0n) is 3.39. The van der Waals surface area contributed by atoms with Gasteiger partial charge < -0.3 is 120 Å². The molecular weight excluding hydrogens is 760 g/mol. The summed E-state index contributed by atoms with van der Waals surface area (Å²) in [4.78, 5) is 0. The van der Waals surface area contributed by atoms with Gasteiger partial charge in [-0.25, -0.2) is 0 Å². The van der Waals surface area contributed by atoms with Crippen molar-refractivity contribution in [2.75, 3.05) is 0 Å². The molecule has 0 nitrogen and oxygen atoms in total. The van der Waals surface area contributed by atoms with E-state index in [2.05, 4.69) is 0 Å². The van der Waals surface area contributed by atoms with Gasteiger partial charge in [0.2, 0.25) is 0 Å². The van der Waals surface area contributed by atoms with E-state index in [1.807, 2.05) is 0 Å². The van der Waals surface area contributed by atoms with Gasteiger partial charge in [0.05, 0.1) is 0 Å². The van der Waals surface area contributed by atoms with Crippen LogP contribution in [0.25, 0.3) is 0 Å². The monoisotopic (exact) mass is 761 g/mol. The molecule has 0 aromatic carbocycles. The molecule has 0 spiro atoms. The number of rotatable bonds is 0. The minimum Gasteiger partial charge on any atom is -1.00 e. The van der Waals surface area contributed by atoms with Crippen molar-refractivity contribution < 1.29 is 139 Å². The summed E-state index contributed by atoms with van der Waals surface area (Å²) in [6, 6.07) is 0. The molecule has 0 aliphatic heterocycles. The van der Waals surface area contributed by atoms with E-state index in [9.17, 15) is 0 Å². The van der Waals surface area contributed by atoms with Gasteiger partial charge in [-0.2, -0.15) is 0 Å². The number of hydrogen-bond acceptors (Lipinski definition) is 0. The van der Waals surface area contributed by atoms with E-state index in [1.54, 1.807) is 0 Å². The van der Waals surface area contributed by atoms with Crippen LogP contribution in [0.1, 0.15) is 0 Å². The summed E-state index contributed by atoms with van der Waals surface area (Å²) in [5.74, 6) is 0. The van der Waals surface area contributed by atoms with Crippen LogP contribution < -0.4 is 139 Å². The Morgan fingerprint density at radius 2 is 0.429 bits per heavy atom. The Kier molecular flexibility index (Phi) is 361. The minimum absolute atomic E-state index is 0. The molecule has 0 N–H and O–H groups in total. The summed E-state index contributed by atoms with van der Waals surface area (Å²) in [5, 5.41) is 0. The van der Waals surface area contributed by atoms with Crippen molar-refractivity contribution in [3.8, 4) is 0 Å². The third-order valence-electron chi connectivity index (χ3n) is 0. The first kappa shape index (κ1) is 57.7. The molecule has 0 saturated carbocycles. The largest absolute Gasteiger partial charge is 4.00 e. The van der Waals surface area contributed by atoms with Crippen molar-refractivity contribution in [1.82, 2.24) is 0 Å². The molecule has 0 heterocycles. The average molecular weight is 760 g/mol. The van der Waals surface area contributed by atoms with Gasteiger partial charge >= 0.3 is 42.8 Å². The Balaban J connectivity index is 0. The van der Waals surface area contributed by atoms with Gasteiger partial charge in [0.25, 0.3) is 0 Å². The molecule has 7 heavy (non-hydrogen) atoms. The molecule has 0 amide bonds. The maximum absolute atomic E-state index is 0. The molecule has 0 aliphatic rings. The average Bonchev–Trinajstić information content (AvgIpc) is 0. The van der Waals surface area contributed by atoms with Crippen LogP contribution >= 0.6 is 0 Å². The molecule has 0 aliphatic carbocycles. The van der Waals surface area contributed by atoms with Crippen LogP contribution in [0.15, 0.2) is 0 Å². The van der Waals surface area contributed by atoms with Gasteiger partial charge in [0.15, 0.2) is 0 Å². The zero-order valence-corrected chi connectivity index (χ0v) is 17.0. The van der Waals surface area contributed by atoms with Gasteiger partial charge in [-0.3, -0.25) is 0 Å². The van der Waals surface area contributed by atoms with Crippen molar-refractivity contribution in [2.24, 2.45) is 0 Å². The Morgan fingerprint density at radius 1 is 0.429 bits per heavy atom. The van der Waals surface area contributed by atoms with E-state index in [-0.39, 0.29) is 163 Å². The third-order valence-corrected chi connectivity index (χ3v) is 0. The molecular formula is I5LiSn. The fraction of sp³-hybridized carbons (Fsp3) is 0. The standard InChI is InChI=1S/5HI.Li.Sn/h5*1H;;/q;;;;;+1;+4/p-5. The summed E-state index contributed by atoms with van der Waals surface area (Å²) in [7, 11) is 0. The topological polar surface area (TPSA) is 0 Å². The van der Waals surface area contributed by atoms with Crippen LogP contribution in [0.5, 0.6) is 0 Å². The van der Waals surface area contributed by atoms with Crippen molar-refractivity contribution in [2.45, 2.75) is 0 Å². The predicted molar refractivity (Wildman–Crippen MR) is 5.75 cm³/mol. The normalized spacial score (nSPS) is 0. The summed E-state index contributed by atoms with van der Waals surface area (Å²) in [5.41, 5.74) is 0. The van der Waals surface area contributed by atoms with Gasteiger partial charge in [-0.15, -0.1) is 0 Å². The van der Waals surface area contributed by atoms with Crippen molar-refractivity contribution in [3.05, 3.63) is 0 Å².